The first kappa shape index (κ1) is 16.0. The Balaban J connectivity index is 2.05. The van der Waals surface area contributed by atoms with E-state index in [-0.39, 0.29) is 4.90 Å². The molecule has 0 spiro atoms. The minimum absolute atomic E-state index is 0.119. The summed E-state index contributed by atoms with van der Waals surface area (Å²) in [6.07, 6.45) is 1.57. The molecule has 0 atom stereocenters. The molecule has 1 aromatic heterocycles. The third-order valence-electron chi connectivity index (χ3n) is 3.66. The van der Waals surface area contributed by atoms with Crippen LogP contribution in [0.2, 0.25) is 0 Å². The fourth-order valence-corrected chi connectivity index (χ4v) is 4.04. The summed E-state index contributed by atoms with van der Waals surface area (Å²) in [5.41, 5.74) is 0.637. The van der Waals surface area contributed by atoms with Crippen LogP contribution in [0.15, 0.2) is 33.7 Å². The molecule has 0 N–H and O–H groups in total. The summed E-state index contributed by atoms with van der Waals surface area (Å²) in [5.74, 6) is 1.34. The van der Waals surface area contributed by atoms with Crippen LogP contribution < -0.4 is 4.74 Å². The Labute approximate surface area is 134 Å². The second kappa shape index (κ2) is 6.31. The van der Waals surface area contributed by atoms with Crippen LogP contribution in [-0.4, -0.2) is 51.1 Å². The summed E-state index contributed by atoms with van der Waals surface area (Å²) in [4.78, 5) is 4.16. The predicted molar refractivity (Wildman–Crippen MR) is 82.8 cm³/mol. The molecule has 3 rings (SSSR count). The summed E-state index contributed by atoms with van der Waals surface area (Å²) >= 11 is 0. The van der Waals surface area contributed by atoms with Gasteiger partial charge in [-0.3, -0.25) is 0 Å². The lowest BCUT2D eigenvalue weighted by Crippen LogP contribution is -2.40. The zero-order valence-corrected chi connectivity index (χ0v) is 13.8. The molecule has 0 amide bonds. The van der Waals surface area contributed by atoms with Crippen molar-refractivity contribution in [3.8, 4) is 17.1 Å². The quantitative estimate of drug-likeness (QED) is 0.843. The summed E-state index contributed by atoms with van der Waals surface area (Å²) in [6, 6.07) is 4.93. The molecule has 2 heterocycles. The molecule has 1 saturated heterocycles. The normalized spacial score (nSPS) is 16.4. The standard InChI is InChI=1S/C15H18N2O5S/c1-11-16-10-14(22-11)12-3-4-13(20-2)15(9-12)23(18,19)17-5-7-21-8-6-17/h3-4,9-10H,5-8H2,1-2H3. The maximum atomic E-state index is 12.9. The van der Waals surface area contributed by atoms with Crippen LogP contribution in [0.4, 0.5) is 0 Å². The highest BCUT2D eigenvalue weighted by atomic mass is 32.2. The maximum Gasteiger partial charge on any atom is 0.246 e. The number of hydrogen-bond acceptors (Lipinski definition) is 6. The van der Waals surface area contributed by atoms with Gasteiger partial charge in [-0.15, -0.1) is 0 Å². The van der Waals surface area contributed by atoms with E-state index < -0.39 is 10.0 Å². The monoisotopic (exact) mass is 338 g/mol. The van der Waals surface area contributed by atoms with Crippen LogP contribution in [0.25, 0.3) is 11.3 Å². The molecule has 0 unspecified atom stereocenters. The molecular weight excluding hydrogens is 320 g/mol. The molecule has 0 saturated carbocycles. The SMILES string of the molecule is COc1ccc(-c2cnc(C)o2)cc1S(=O)(=O)N1CCOCC1. The highest BCUT2D eigenvalue weighted by molar-refractivity contribution is 7.89. The number of rotatable bonds is 4. The van der Waals surface area contributed by atoms with E-state index in [2.05, 4.69) is 4.98 Å². The van der Waals surface area contributed by atoms with Crippen molar-refractivity contribution in [3.05, 3.63) is 30.3 Å². The lowest BCUT2D eigenvalue weighted by Gasteiger charge is -2.26. The zero-order valence-electron chi connectivity index (χ0n) is 13.0. The number of aromatic nitrogens is 1. The molecule has 7 nitrogen and oxygen atoms in total. The molecule has 0 bridgehead atoms. The average molecular weight is 338 g/mol. The van der Waals surface area contributed by atoms with Crippen molar-refractivity contribution in [2.24, 2.45) is 0 Å². The summed E-state index contributed by atoms with van der Waals surface area (Å²) in [7, 11) is -2.21. The Morgan fingerprint density at radius 1 is 1.26 bits per heavy atom. The Hall–Kier alpha value is -1.90. The number of nitrogens with zero attached hydrogens (tertiary/aromatic N) is 2. The Kier molecular flexibility index (Phi) is 4.38. The van der Waals surface area contributed by atoms with Gasteiger partial charge in [-0.2, -0.15) is 4.31 Å². The van der Waals surface area contributed by atoms with Crippen LogP contribution in [0.5, 0.6) is 5.75 Å². The number of ether oxygens (including phenoxy) is 2. The van der Waals surface area contributed by atoms with E-state index in [1.807, 2.05) is 0 Å². The molecule has 23 heavy (non-hydrogen) atoms. The van der Waals surface area contributed by atoms with Crippen LogP contribution in [0.1, 0.15) is 5.89 Å². The Bertz CT molecular complexity index is 794. The van der Waals surface area contributed by atoms with Crippen LogP contribution in [-0.2, 0) is 14.8 Å². The van der Waals surface area contributed by atoms with Crippen LogP contribution in [0, 0.1) is 6.92 Å². The largest absolute Gasteiger partial charge is 0.495 e. The predicted octanol–water partition coefficient (Wildman–Crippen LogP) is 1.68. The number of oxazole rings is 1. The van der Waals surface area contributed by atoms with Gasteiger partial charge in [0.15, 0.2) is 11.7 Å². The molecule has 1 aliphatic heterocycles. The van der Waals surface area contributed by atoms with Gasteiger partial charge in [-0.05, 0) is 18.2 Å². The molecule has 1 aromatic carbocycles. The highest BCUT2D eigenvalue weighted by Crippen LogP contribution is 2.32. The zero-order chi connectivity index (χ0) is 16.4. The number of sulfonamides is 1. The first-order valence-electron chi connectivity index (χ1n) is 7.21. The second-order valence-corrected chi connectivity index (χ2v) is 7.03. The van der Waals surface area contributed by atoms with Gasteiger partial charge in [-0.1, -0.05) is 0 Å². The Morgan fingerprint density at radius 2 is 2.00 bits per heavy atom. The van der Waals surface area contributed by atoms with Crippen molar-refractivity contribution in [1.29, 1.82) is 0 Å². The van der Waals surface area contributed by atoms with Gasteiger partial charge in [0.1, 0.15) is 10.6 Å². The minimum Gasteiger partial charge on any atom is -0.495 e. The van der Waals surface area contributed by atoms with Gasteiger partial charge < -0.3 is 13.9 Å². The first-order chi connectivity index (χ1) is 11.0. The minimum atomic E-state index is -3.66. The third-order valence-corrected chi connectivity index (χ3v) is 5.58. The molecule has 0 radical (unpaired) electrons. The molecular formula is C15H18N2O5S. The molecule has 2 aromatic rings. The number of hydrogen-bond donors (Lipinski definition) is 0. The van der Waals surface area contributed by atoms with Gasteiger partial charge in [0.05, 0.1) is 26.5 Å². The van der Waals surface area contributed by atoms with E-state index in [4.69, 9.17) is 13.9 Å². The van der Waals surface area contributed by atoms with E-state index in [1.54, 1.807) is 31.3 Å². The van der Waals surface area contributed by atoms with Gasteiger partial charge >= 0.3 is 0 Å². The topological polar surface area (TPSA) is 81.9 Å². The van der Waals surface area contributed by atoms with Crippen molar-refractivity contribution in [3.63, 3.8) is 0 Å². The van der Waals surface area contributed by atoms with Crippen LogP contribution in [0.3, 0.4) is 0 Å². The summed E-state index contributed by atoms with van der Waals surface area (Å²) in [5, 5.41) is 0. The van der Waals surface area contributed by atoms with Crippen molar-refractivity contribution < 1.29 is 22.3 Å². The van der Waals surface area contributed by atoms with Crippen molar-refractivity contribution in [2.45, 2.75) is 11.8 Å². The highest BCUT2D eigenvalue weighted by Gasteiger charge is 2.29. The molecule has 8 heteroatoms. The summed E-state index contributed by atoms with van der Waals surface area (Å²) < 4.78 is 43.1. The van der Waals surface area contributed by atoms with E-state index >= 15 is 0 Å². The fraction of sp³-hybridized carbons (Fsp3) is 0.400. The van der Waals surface area contributed by atoms with Gasteiger partial charge in [0.25, 0.3) is 0 Å². The van der Waals surface area contributed by atoms with E-state index in [1.165, 1.54) is 11.4 Å². The van der Waals surface area contributed by atoms with Crippen molar-refractivity contribution in [1.82, 2.24) is 9.29 Å². The number of methoxy groups -OCH3 is 1. The van der Waals surface area contributed by atoms with E-state index in [0.717, 1.165) is 0 Å². The lowest BCUT2D eigenvalue weighted by atomic mass is 10.2. The fourth-order valence-electron chi connectivity index (χ4n) is 2.45. The Morgan fingerprint density at radius 3 is 2.61 bits per heavy atom. The van der Waals surface area contributed by atoms with Crippen molar-refractivity contribution in [2.75, 3.05) is 33.4 Å². The van der Waals surface area contributed by atoms with Crippen LogP contribution >= 0.6 is 0 Å². The van der Waals surface area contributed by atoms with Gasteiger partial charge in [0, 0.05) is 25.6 Å². The molecule has 1 aliphatic rings. The van der Waals surface area contributed by atoms with E-state index in [9.17, 15) is 8.42 Å². The maximum absolute atomic E-state index is 12.9. The lowest BCUT2D eigenvalue weighted by molar-refractivity contribution is 0.0729. The second-order valence-electron chi connectivity index (χ2n) is 5.13. The smallest absolute Gasteiger partial charge is 0.246 e. The first-order valence-corrected chi connectivity index (χ1v) is 8.65. The number of morpholine rings is 1. The average Bonchev–Trinajstić information content (AvgIpc) is 3.01. The van der Waals surface area contributed by atoms with E-state index in [0.29, 0.717) is 49.3 Å². The third kappa shape index (κ3) is 3.10. The molecule has 124 valence electrons. The van der Waals surface area contributed by atoms with Crippen molar-refractivity contribution >= 4 is 10.0 Å². The summed E-state index contributed by atoms with van der Waals surface area (Å²) in [6.45, 7) is 3.18. The van der Waals surface area contributed by atoms with Gasteiger partial charge in [-0.25, -0.2) is 13.4 Å². The number of aryl methyl sites for hydroxylation is 1. The molecule has 1 fully saturated rings. The van der Waals surface area contributed by atoms with Gasteiger partial charge in [0.2, 0.25) is 10.0 Å². The number of benzene rings is 1. The molecule has 0 aliphatic carbocycles.